The highest BCUT2D eigenvalue weighted by Gasteiger charge is 2.14. The van der Waals surface area contributed by atoms with Crippen LogP contribution < -0.4 is 5.73 Å². The number of hydrogen-bond donors (Lipinski definition) is 1. The van der Waals surface area contributed by atoms with E-state index in [0.29, 0.717) is 22.9 Å². The molecule has 1 heterocycles. The third-order valence-corrected chi connectivity index (χ3v) is 4.81. The molecule has 0 spiro atoms. The van der Waals surface area contributed by atoms with Crippen molar-refractivity contribution in [1.82, 2.24) is 4.57 Å². The van der Waals surface area contributed by atoms with Gasteiger partial charge in [0.05, 0.1) is 5.69 Å². The number of benzene rings is 2. The maximum absolute atomic E-state index is 9.39. The molecule has 3 aromatic rings. The molecule has 0 atom stereocenters. The van der Waals surface area contributed by atoms with Gasteiger partial charge in [-0.15, -0.1) is 0 Å². The van der Waals surface area contributed by atoms with Crippen molar-refractivity contribution in [3.05, 3.63) is 76.9 Å². The Morgan fingerprint density at radius 2 is 1.78 bits per heavy atom. The van der Waals surface area contributed by atoms with Crippen molar-refractivity contribution in [3.63, 3.8) is 0 Å². The highest BCUT2D eigenvalue weighted by molar-refractivity contribution is 7.99. The zero-order valence-corrected chi connectivity index (χ0v) is 13.8. The molecule has 0 amide bonds. The lowest BCUT2D eigenvalue weighted by molar-refractivity contribution is 0.725. The normalized spacial score (nSPS) is 10.4. The molecule has 1 aromatic heterocycles. The van der Waals surface area contributed by atoms with Crippen molar-refractivity contribution in [2.75, 3.05) is 5.73 Å². The van der Waals surface area contributed by atoms with Gasteiger partial charge >= 0.3 is 0 Å². The summed E-state index contributed by atoms with van der Waals surface area (Å²) in [6.07, 6.45) is 0. The number of anilines is 1. The molecule has 3 rings (SSSR count). The lowest BCUT2D eigenvalue weighted by Gasteiger charge is -2.11. The molecule has 0 saturated carbocycles. The standard InChI is InChI=1S/C18H14ClN3S/c19-14-8-6-13(7-9-14)12-22-15(11-20)10-17(21)18(22)23-16-4-2-1-3-5-16/h1-10H,12,21H2. The lowest BCUT2D eigenvalue weighted by atomic mass is 10.2. The van der Waals surface area contributed by atoms with Gasteiger partial charge in [0, 0.05) is 16.5 Å². The minimum absolute atomic E-state index is 0.552. The fourth-order valence-electron chi connectivity index (χ4n) is 2.29. The Balaban J connectivity index is 1.97. The van der Waals surface area contributed by atoms with Crippen molar-refractivity contribution in [1.29, 1.82) is 5.26 Å². The summed E-state index contributed by atoms with van der Waals surface area (Å²) >= 11 is 7.49. The van der Waals surface area contributed by atoms with Crippen LogP contribution in [0.2, 0.25) is 5.02 Å². The van der Waals surface area contributed by atoms with Crippen LogP contribution in [0.3, 0.4) is 0 Å². The number of nitrogens with zero attached hydrogens (tertiary/aromatic N) is 2. The molecule has 5 heteroatoms. The minimum Gasteiger partial charge on any atom is -0.397 e. The summed E-state index contributed by atoms with van der Waals surface area (Å²) in [7, 11) is 0. The molecule has 0 aliphatic carbocycles. The van der Waals surface area contributed by atoms with E-state index in [1.54, 1.807) is 17.8 Å². The van der Waals surface area contributed by atoms with Gasteiger partial charge in [-0.25, -0.2) is 0 Å². The van der Waals surface area contributed by atoms with Crippen LogP contribution in [0, 0.1) is 11.3 Å². The van der Waals surface area contributed by atoms with E-state index in [2.05, 4.69) is 6.07 Å². The second-order valence-electron chi connectivity index (χ2n) is 5.03. The van der Waals surface area contributed by atoms with E-state index in [1.807, 2.05) is 59.2 Å². The average Bonchev–Trinajstić information content (AvgIpc) is 2.86. The Kier molecular flexibility index (Phi) is 4.61. The van der Waals surface area contributed by atoms with Crippen molar-refractivity contribution >= 4 is 29.1 Å². The van der Waals surface area contributed by atoms with E-state index < -0.39 is 0 Å². The highest BCUT2D eigenvalue weighted by atomic mass is 35.5. The number of nitrogen functional groups attached to an aromatic ring is 1. The van der Waals surface area contributed by atoms with Crippen LogP contribution >= 0.6 is 23.4 Å². The predicted molar refractivity (Wildman–Crippen MR) is 94.7 cm³/mol. The lowest BCUT2D eigenvalue weighted by Crippen LogP contribution is -2.04. The second-order valence-corrected chi connectivity index (χ2v) is 6.53. The SMILES string of the molecule is N#Cc1cc(N)c(Sc2ccccc2)n1Cc1ccc(Cl)cc1. The summed E-state index contributed by atoms with van der Waals surface area (Å²) < 4.78 is 1.94. The molecule has 0 saturated heterocycles. The zero-order valence-electron chi connectivity index (χ0n) is 12.2. The van der Waals surface area contributed by atoms with E-state index in [-0.39, 0.29) is 0 Å². The Morgan fingerprint density at radius 3 is 2.43 bits per heavy atom. The van der Waals surface area contributed by atoms with Crippen LogP contribution in [-0.4, -0.2) is 4.57 Å². The largest absolute Gasteiger partial charge is 0.397 e. The van der Waals surface area contributed by atoms with E-state index in [4.69, 9.17) is 17.3 Å². The quantitative estimate of drug-likeness (QED) is 0.743. The number of rotatable bonds is 4. The first-order valence-corrected chi connectivity index (χ1v) is 8.23. The summed E-state index contributed by atoms with van der Waals surface area (Å²) in [5, 5.41) is 11.0. The van der Waals surface area contributed by atoms with E-state index in [1.165, 1.54) is 0 Å². The fourth-order valence-corrected chi connectivity index (χ4v) is 3.38. The number of hydrogen-bond acceptors (Lipinski definition) is 3. The fraction of sp³-hybridized carbons (Fsp3) is 0.0556. The van der Waals surface area contributed by atoms with Gasteiger partial charge in [-0.05, 0) is 35.9 Å². The summed E-state index contributed by atoms with van der Waals surface area (Å²) in [5.74, 6) is 0. The van der Waals surface area contributed by atoms with Gasteiger partial charge in [-0.1, -0.05) is 53.7 Å². The van der Waals surface area contributed by atoms with Crippen LogP contribution in [0.1, 0.15) is 11.3 Å². The number of halogens is 1. The van der Waals surface area contributed by atoms with Crippen molar-refractivity contribution in [3.8, 4) is 6.07 Å². The maximum atomic E-state index is 9.39. The van der Waals surface area contributed by atoms with Crippen LogP contribution in [0.5, 0.6) is 0 Å². The molecule has 114 valence electrons. The first kappa shape index (κ1) is 15.5. The van der Waals surface area contributed by atoms with Gasteiger partial charge in [-0.2, -0.15) is 5.26 Å². The summed E-state index contributed by atoms with van der Waals surface area (Å²) in [6, 6.07) is 21.5. The molecule has 0 aliphatic heterocycles. The third kappa shape index (κ3) is 3.53. The Morgan fingerprint density at radius 1 is 1.09 bits per heavy atom. The molecule has 0 bridgehead atoms. The van der Waals surface area contributed by atoms with Gasteiger partial charge in [0.25, 0.3) is 0 Å². The molecular formula is C18H14ClN3S. The number of aromatic nitrogens is 1. The zero-order chi connectivity index (χ0) is 16.2. The molecule has 2 aromatic carbocycles. The van der Waals surface area contributed by atoms with Crippen molar-refractivity contribution < 1.29 is 0 Å². The summed E-state index contributed by atoms with van der Waals surface area (Å²) in [5.41, 5.74) is 8.36. The molecular weight excluding hydrogens is 326 g/mol. The van der Waals surface area contributed by atoms with Gasteiger partial charge in [0.1, 0.15) is 16.8 Å². The number of nitriles is 1. The summed E-state index contributed by atoms with van der Waals surface area (Å²) in [4.78, 5) is 1.08. The first-order chi connectivity index (χ1) is 11.2. The van der Waals surface area contributed by atoms with Crippen LogP contribution in [0.15, 0.2) is 70.6 Å². The van der Waals surface area contributed by atoms with Crippen molar-refractivity contribution in [2.45, 2.75) is 16.5 Å². The Hall–Kier alpha value is -2.35. The predicted octanol–water partition coefficient (Wildman–Crippen LogP) is 4.79. The molecule has 23 heavy (non-hydrogen) atoms. The third-order valence-electron chi connectivity index (χ3n) is 3.40. The Bertz CT molecular complexity index is 848. The molecule has 3 nitrogen and oxygen atoms in total. The second kappa shape index (κ2) is 6.82. The summed E-state index contributed by atoms with van der Waals surface area (Å²) in [6.45, 7) is 0.576. The molecule has 2 N–H and O–H groups in total. The Labute approximate surface area is 144 Å². The van der Waals surface area contributed by atoms with Crippen LogP contribution in [0.25, 0.3) is 0 Å². The van der Waals surface area contributed by atoms with Gasteiger partial charge in [0.2, 0.25) is 0 Å². The van der Waals surface area contributed by atoms with E-state index >= 15 is 0 Å². The molecule has 0 aliphatic rings. The minimum atomic E-state index is 0.552. The van der Waals surface area contributed by atoms with Crippen LogP contribution in [0.4, 0.5) is 5.69 Å². The number of nitrogens with two attached hydrogens (primary N) is 1. The van der Waals surface area contributed by atoms with Crippen LogP contribution in [-0.2, 0) is 6.54 Å². The van der Waals surface area contributed by atoms with Gasteiger partial charge in [0.15, 0.2) is 0 Å². The highest BCUT2D eigenvalue weighted by Crippen LogP contribution is 2.35. The first-order valence-electron chi connectivity index (χ1n) is 7.04. The van der Waals surface area contributed by atoms with E-state index in [9.17, 15) is 5.26 Å². The molecule has 0 radical (unpaired) electrons. The topological polar surface area (TPSA) is 54.7 Å². The monoisotopic (exact) mass is 339 g/mol. The average molecular weight is 340 g/mol. The van der Waals surface area contributed by atoms with Crippen molar-refractivity contribution in [2.24, 2.45) is 0 Å². The van der Waals surface area contributed by atoms with E-state index in [0.717, 1.165) is 15.5 Å². The molecule has 0 unspecified atom stereocenters. The maximum Gasteiger partial charge on any atom is 0.123 e. The smallest absolute Gasteiger partial charge is 0.123 e. The van der Waals surface area contributed by atoms with Gasteiger partial charge < -0.3 is 10.3 Å². The molecule has 0 fully saturated rings. The van der Waals surface area contributed by atoms with Gasteiger partial charge in [-0.3, -0.25) is 0 Å².